The van der Waals surface area contributed by atoms with Crippen molar-refractivity contribution < 1.29 is 0 Å². The Kier molecular flexibility index (Phi) is 4.31. The minimum absolute atomic E-state index is 0.325. The number of allylic oxidation sites excluding steroid dienone is 2. The van der Waals surface area contributed by atoms with Gasteiger partial charge in [-0.1, -0.05) is 72.6 Å². The molecule has 1 aliphatic heterocycles. The van der Waals surface area contributed by atoms with Crippen molar-refractivity contribution in [3.8, 4) is 0 Å². The maximum atomic E-state index is 4.69. The Morgan fingerprint density at radius 1 is 1.38 bits per heavy atom. The van der Waals surface area contributed by atoms with Gasteiger partial charge in [0.1, 0.15) is 4.38 Å². The zero-order valence-electron chi connectivity index (χ0n) is 8.87. The Morgan fingerprint density at radius 2 is 2.19 bits per heavy atom. The predicted molar refractivity (Wildman–Crippen MR) is 76.0 cm³/mol. The summed E-state index contributed by atoms with van der Waals surface area (Å²) in [5, 5.41) is 2.02. The molecule has 0 spiro atoms. The van der Waals surface area contributed by atoms with Gasteiger partial charge >= 0.3 is 0 Å². The van der Waals surface area contributed by atoms with Crippen molar-refractivity contribution >= 4 is 27.9 Å². The molecule has 0 radical (unpaired) electrons. The molecule has 3 heteroatoms. The van der Waals surface area contributed by atoms with E-state index in [1.165, 1.54) is 5.56 Å². The number of nitrogens with zero attached hydrogens (tertiary/aromatic N) is 1. The molecule has 0 fully saturated rings. The van der Waals surface area contributed by atoms with Crippen LogP contribution in [0.5, 0.6) is 0 Å². The van der Waals surface area contributed by atoms with Crippen LogP contribution < -0.4 is 0 Å². The Labute approximate surface area is 105 Å². The molecule has 82 valence electrons. The van der Waals surface area contributed by atoms with Crippen molar-refractivity contribution in [3.63, 3.8) is 0 Å². The third-order valence-electron chi connectivity index (χ3n) is 2.19. The van der Waals surface area contributed by atoms with Gasteiger partial charge in [0.15, 0.2) is 0 Å². The second kappa shape index (κ2) is 5.97. The van der Waals surface area contributed by atoms with Crippen LogP contribution >= 0.6 is 23.5 Å². The summed E-state index contributed by atoms with van der Waals surface area (Å²) in [7, 11) is 0. The van der Waals surface area contributed by atoms with Crippen LogP contribution in [-0.2, 0) is 0 Å². The Balaban J connectivity index is 2.00. The monoisotopic (exact) mass is 247 g/mol. The van der Waals surface area contributed by atoms with E-state index in [0.717, 1.165) is 10.1 Å². The van der Waals surface area contributed by atoms with Crippen LogP contribution in [0.4, 0.5) is 0 Å². The molecule has 0 N–H and O–H groups in total. The van der Waals surface area contributed by atoms with Gasteiger partial charge in [0.2, 0.25) is 0 Å². The lowest BCUT2D eigenvalue weighted by Gasteiger charge is -2.04. The second-order valence-electron chi connectivity index (χ2n) is 3.31. The molecule has 0 amide bonds. The molecule has 2 rings (SSSR count). The smallest absolute Gasteiger partial charge is 0.129 e. The summed E-state index contributed by atoms with van der Waals surface area (Å²) < 4.78 is 1.15. The zero-order valence-corrected chi connectivity index (χ0v) is 10.5. The average Bonchev–Trinajstić information content (AvgIpc) is 2.79. The lowest BCUT2D eigenvalue weighted by molar-refractivity contribution is 0.852. The Hall–Kier alpha value is -0.930. The van der Waals surface area contributed by atoms with Gasteiger partial charge in [-0.3, -0.25) is 4.99 Å². The highest BCUT2D eigenvalue weighted by Crippen LogP contribution is 2.34. The lowest BCUT2D eigenvalue weighted by atomic mass is 10.1. The summed E-state index contributed by atoms with van der Waals surface area (Å²) in [4.78, 5) is 4.69. The number of benzene rings is 1. The first-order valence-electron chi connectivity index (χ1n) is 5.10. The Bertz CT molecular complexity index is 409. The van der Waals surface area contributed by atoms with Crippen LogP contribution in [0.15, 0.2) is 59.5 Å². The molecule has 1 atom stereocenters. The molecule has 16 heavy (non-hydrogen) atoms. The first-order chi connectivity index (χ1) is 7.90. The molecule has 0 bridgehead atoms. The van der Waals surface area contributed by atoms with E-state index < -0.39 is 0 Å². The van der Waals surface area contributed by atoms with Crippen molar-refractivity contribution in [2.45, 2.75) is 6.04 Å². The summed E-state index contributed by atoms with van der Waals surface area (Å²) in [6.07, 6.45) is 3.71. The minimum atomic E-state index is 0.325. The van der Waals surface area contributed by atoms with Gasteiger partial charge in [-0.2, -0.15) is 0 Å². The molecule has 1 aromatic carbocycles. The highest BCUT2D eigenvalue weighted by molar-refractivity contribution is 8.40. The van der Waals surface area contributed by atoms with Gasteiger partial charge in [0.05, 0.1) is 6.04 Å². The summed E-state index contributed by atoms with van der Waals surface area (Å²) in [6.45, 7) is 3.64. The number of aliphatic imine (C=N–C) groups is 1. The molecule has 1 nitrogen and oxygen atoms in total. The van der Waals surface area contributed by atoms with Crippen molar-refractivity contribution in [3.05, 3.63) is 60.0 Å². The summed E-state index contributed by atoms with van der Waals surface area (Å²) >= 11 is 3.49. The first kappa shape index (κ1) is 11.6. The van der Waals surface area contributed by atoms with Gasteiger partial charge in [-0.15, -0.1) is 0 Å². The summed E-state index contributed by atoms with van der Waals surface area (Å²) in [6, 6.07) is 10.8. The van der Waals surface area contributed by atoms with Crippen molar-refractivity contribution in [1.82, 2.24) is 0 Å². The van der Waals surface area contributed by atoms with E-state index in [0.29, 0.717) is 6.04 Å². The van der Waals surface area contributed by atoms with Gasteiger partial charge in [0, 0.05) is 5.75 Å². The largest absolute Gasteiger partial charge is 0.262 e. The molecule has 1 heterocycles. The third-order valence-corrected chi connectivity index (χ3v) is 4.27. The van der Waals surface area contributed by atoms with E-state index in [4.69, 9.17) is 0 Å². The van der Waals surface area contributed by atoms with Gasteiger partial charge < -0.3 is 0 Å². The SMILES string of the molecule is C=C/C=C/SC1=N[C@H](c2ccccc2)CS1. The molecule has 1 aromatic rings. The second-order valence-corrected chi connectivity index (χ2v) is 5.48. The summed E-state index contributed by atoms with van der Waals surface area (Å²) in [5.74, 6) is 1.05. The number of thioether (sulfide) groups is 2. The predicted octanol–water partition coefficient (Wildman–Crippen LogP) is 4.26. The van der Waals surface area contributed by atoms with Crippen molar-refractivity contribution in [2.75, 3.05) is 5.75 Å². The van der Waals surface area contributed by atoms with Gasteiger partial charge in [-0.25, -0.2) is 0 Å². The number of hydrogen-bond acceptors (Lipinski definition) is 3. The fraction of sp³-hybridized carbons (Fsp3) is 0.154. The number of rotatable bonds is 3. The Morgan fingerprint density at radius 3 is 2.94 bits per heavy atom. The molecule has 0 aliphatic carbocycles. The van der Waals surface area contributed by atoms with Crippen LogP contribution in [-0.4, -0.2) is 10.1 Å². The fourth-order valence-corrected chi connectivity index (χ4v) is 3.32. The maximum Gasteiger partial charge on any atom is 0.129 e. The van der Waals surface area contributed by atoms with Crippen molar-refractivity contribution in [1.29, 1.82) is 0 Å². The molecular weight excluding hydrogens is 234 g/mol. The third kappa shape index (κ3) is 3.03. The highest BCUT2D eigenvalue weighted by Gasteiger charge is 2.19. The molecule has 0 saturated carbocycles. The van der Waals surface area contributed by atoms with E-state index in [1.54, 1.807) is 17.8 Å². The molecule has 0 aromatic heterocycles. The summed E-state index contributed by atoms with van der Waals surface area (Å²) in [5.41, 5.74) is 1.30. The maximum absolute atomic E-state index is 4.69. The zero-order chi connectivity index (χ0) is 11.2. The van der Waals surface area contributed by atoms with E-state index in [9.17, 15) is 0 Å². The van der Waals surface area contributed by atoms with Gasteiger partial charge in [0.25, 0.3) is 0 Å². The quantitative estimate of drug-likeness (QED) is 0.740. The fourth-order valence-electron chi connectivity index (χ4n) is 1.42. The van der Waals surface area contributed by atoms with E-state index >= 15 is 0 Å². The normalized spacial score (nSPS) is 20.0. The van der Waals surface area contributed by atoms with Crippen LogP contribution in [0, 0.1) is 0 Å². The van der Waals surface area contributed by atoms with Gasteiger partial charge in [-0.05, 0) is 11.0 Å². The lowest BCUT2D eigenvalue weighted by Crippen LogP contribution is -1.92. The molecule has 0 saturated heterocycles. The minimum Gasteiger partial charge on any atom is -0.262 e. The molecule has 1 aliphatic rings. The van der Waals surface area contributed by atoms with E-state index in [2.05, 4.69) is 35.8 Å². The van der Waals surface area contributed by atoms with Crippen LogP contribution in [0.2, 0.25) is 0 Å². The van der Waals surface area contributed by atoms with E-state index in [-0.39, 0.29) is 0 Å². The topological polar surface area (TPSA) is 12.4 Å². The van der Waals surface area contributed by atoms with Crippen LogP contribution in [0.1, 0.15) is 11.6 Å². The first-order valence-corrected chi connectivity index (χ1v) is 6.96. The van der Waals surface area contributed by atoms with E-state index in [1.807, 2.05) is 29.3 Å². The van der Waals surface area contributed by atoms with Crippen LogP contribution in [0.25, 0.3) is 0 Å². The highest BCUT2D eigenvalue weighted by atomic mass is 32.2. The van der Waals surface area contributed by atoms with Crippen molar-refractivity contribution in [2.24, 2.45) is 4.99 Å². The molecular formula is C13H13NS2. The standard InChI is InChI=1S/C13H13NS2/c1-2-3-9-15-13-14-12(10-16-13)11-7-5-4-6-8-11/h2-9,12H,1,10H2/b9-3+/t12-/m0/s1. The average molecular weight is 247 g/mol. The number of hydrogen-bond donors (Lipinski definition) is 0. The van der Waals surface area contributed by atoms with Crippen LogP contribution in [0.3, 0.4) is 0 Å². The molecule has 0 unspecified atom stereocenters.